The minimum absolute atomic E-state index is 0.0340. The van der Waals surface area contributed by atoms with E-state index in [9.17, 15) is 14.4 Å². The molecule has 0 bridgehead atoms. The Kier molecular flexibility index (Phi) is 13.1. The van der Waals surface area contributed by atoms with Crippen LogP contribution in [0.25, 0.3) is 10.9 Å². The molecule has 1 unspecified atom stereocenters. The number of imide groups is 1. The fraction of sp³-hybridized carbons (Fsp3) is 0.429. The lowest BCUT2D eigenvalue weighted by atomic mass is 9.69. The van der Waals surface area contributed by atoms with Gasteiger partial charge < -0.3 is 19.1 Å². The molecule has 5 aromatic rings. The molecule has 2 saturated heterocycles. The number of aryl methyl sites for hydroxylation is 2. The molecule has 60 heavy (non-hydrogen) atoms. The molecule has 0 spiro atoms. The third kappa shape index (κ3) is 9.52. The minimum atomic E-state index is -0.471. The van der Waals surface area contributed by atoms with Gasteiger partial charge in [0.05, 0.1) is 30.3 Å². The van der Waals surface area contributed by atoms with E-state index in [4.69, 9.17) is 14.2 Å². The van der Waals surface area contributed by atoms with Gasteiger partial charge in [0.2, 0.25) is 11.8 Å². The molecule has 11 heteroatoms. The molecule has 11 nitrogen and oxygen atoms in total. The zero-order valence-corrected chi connectivity index (χ0v) is 34.9. The third-order valence-electron chi connectivity index (χ3n) is 12.5. The fourth-order valence-corrected chi connectivity index (χ4v) is 9.11. The van der Waals surface area contributed by atoms with Crippen molar-refractivity contribution in [2.45, 2.75) is 76.0 Å². The number of piperazine rings is 1. The monoisotopic (exact) mass is 811 g/mol. The van der Waals surface area contributed by atoms with Crippen LogP contribution in [0.5, 0.6) is 17.2 Å². The van der Waals surface area contributed by atoms with Crippen molar-refractivity contribution in [3.05, 3.63) is 119 Å². The number of rotatable bonds is 16. The Hall–Kier alpha value is -5.68. The number of unbranched alkanes of at least 4 members (excludes halogenated alkanes) is 2. The summed E-state index contributed by atoms with van der Waals surface area (Å²) in [7, 11) is 1.82. The van der Waals surface area contributed by atoms with Crippen LogP contribution < -0.4 is 19.5 Å². The van der Waals surface area contributed by atoms with Crippen LogP contribution >= 0.6 is 0 Å². The van der Waals surface area contributed by atoms with Crippen molar-refractivity contribution < 1.29 is 28.6 Å². The second-order valence-corrected chi connectivity index (χ2v) is 16.4. The topological polar surface area (TPSA) is 115 Å². The van der Waals surface area contributed by atoms with Crippen molar-refractivity contribution in [2.24, 2.45) is 7.05 Å². The number of carbonyl (C=O) groups is 3. The minimum Gasteiger partial charge on any atom is -0.494 e. The molecule has 3 amide bonds. The molecule has 2 fully saturated rings. The van der Waals surface area contributed by atoms with Gasteiger partial charge in [-0.3, -0.25) is 29.3 Å². The van der Waals surface area contributed by atoms with Crippen molar-refractivity contribution >= 4 is 28.6 Å². The third-order valence-corrected chi connectivity index (χ3v) is 12.5. The number of nitrogens with zero attached hydrogens (tertiary/aromatic N) is 4. The largest absolute Gasteiger partial charge is 0.494 e. The Morgan fingerprint density at radius 3 is 2.28 bits per heavy atom. The van der Waals surface area contributed by atoms with Crippen molar-refractivity contribution in [3.8, 4) is 17.2 Å². The number of fused-ring (bicyclic) bond motifs is 2. The smallest absolute Gasteiger partial charge is 0.260 e. The highest BCUT2D eigenvalue weighted by Crippen LogP contribution is 2.47. The number of ether oxygens (including phenoxy) is 3. The zero-order valence-electron chi connectivity index (χ0n) is 34.9. The van der Waals surface area contributed by atoms with Crippen LogP contribution in [0.3, 0.4) is 0 Å². The molecule has 1 aromatic heterocycles. The van der Waals surface area contributed by atoms with Crippen LogP contribution in [0, 0.1) is 0 Å². The molecule has 0 saturated carbocycles. The predicted octanol–water partition coefficient (Wildman–Crippen LogP) is 7.52. The predicted molar refractivity (Wildman–Crippen MR) is 232 cm³/mol. The first-order valence-electron chi connectivity index (χ1n) is 21.8. The van der Waals surface area contributed by atoms with E-state index < -0.39 is 5.92 Å². The quantitative estimate of drug-likeness (QED) is 0.0805. The van der Waals surface area contributed by atoms with E-state index in [1.165, 1.54) is 22.3 Å². The second kappa shape index (κ2) is 19.1. The van der Waals surface area contributed by atoms with Gasteiger partial charge in [-0.15, -0.1) is 0 Å². The zero-order chi connectivity index (χ0) is 41.4. The number of amides is 3. The van der Waals surface area contributed by atoms with Crippen molar-refractivity contribution in [1.29, 1.82) is 0 Å². The molecule has 1 N–H and O–H groups in total. The molecule has 0 radical (unpaired) electrons. The lowest BCUT2D eigenvalue weighted by molar-refractivity contribution is -0.135. The van der Waals surface area contributed by atoms with E-state index >= 15 is 0 Å². The van der Waals surface area contributed by atoms with Gasteiger partial charge in [0.15, 0.2) is 6.61 Å². The van der Waals surface area contributed by atoms with Gasteiger partial charge in [0.25, 0.3) is 5.91 Å². The SMILES string of the molecule is CCCCOc1ccc2c(c1)CC[C@H](c1ccccc1)[C@@H]2c1ccc(OCCCCN2CCN(C(=O)COc3ccc4c(C5CCC(=O)NC5=O)nn(C)c4c3)CC2)cc1. The highest BCUT2D eigenvalue weighted by Gasteiger charge is 2.33. The van der Waals surface area contributed by atoms with Crippen LogP contribution in [0.4, 0.5) is 0 Å². The summed E-state index contributed by atoms with van der Waals surface area (Å²) in [5.41, 5.74) is 6.95. The van der Waals surface area contributed by atoms with Crippen LogP contribution in [-0.2, 0) is 27.9 Å². The molecule has 3 atom stereocenters. The van der Waals surface area contributed by atoms with Crippen molar-refractivity contribution in [1.82, 2.24) is 24.9 Å². The van der Waals surface area contributed by atoms with E-state index in [-0.39, 0.29) is 30.2 Å². The van der Waals surface area contributed by atoms with Gasteiger partial charge in [0.1, 0.15) is 17.2 Å². The highest BCUT2D eigenvalue weighted by atomic mass is 16.5. The fourth-order valence-electron chi connectivity index (χ4n) is 9.11. The number of piperidine rings is 1. The molecule has 1 aliphatic carbocycles. The molecule has 8 rings (SSSR count). The van der Waals surface area contributed by atoms with E-state index in [1.807, 2.05) is 30.1 Å². The van der Waals surface area contributed by atoms with Gasteiger partial charge in [0, 0.05) is 57.0 Å². The summed E-state index contributed by atoms with van der Waals surface area (Å²) >= 11 is 0. The number of nitrogens with one attached hydrogen (secondary N) is 1. The van der Waals surface area contributed by atoms with Gasteiger partial charge in [-0.1, -0.05) is 61.9 Å². The molecular weight excluding hydrogens is 755 g/mol. The molecule has 314 valence electrons. The van der Waals surface area contributed by atoms with Gasteiger partial charge in [-0.05, 0) is 110 Å². The molecule has 4 aromatic carbocycles. The first-order valence-corrected chi connectivity index (χ1v) is 21.8. The van der Waals surface area contributed by atoms with Crippen LogP contribution in [0.15, 0.2) is 91.0 Å². The summed E-state index contributed by atoms with van der Waals surface area (Å²) < 4.78 is 20.0. The molecular formula is C49H57N5O6. The first kappa shape index (κ1) is 41.1. The molecule has 3 aliphatic rings. The summed E-state index contributed by atoms with van der Waals surface area (Å²) in [6.45, 7) is 7.56. The Morgan fingerprint density at radius 2 is 1.50 bits per heavy atom. The Morgan fingerprint density at radius 1 is 0.767 bits per heavy atom. The Bertz CT molecular complexity index is 2270. The Balaban J connectivity index is 0.772. The van der Waals surface area contributed by atoms with Gasteiger partial charge in [-0.25, -0.2) is 0 Å². The van der Waals surface area contributed by atoms with Crippen LogP contribution in [-0.4, -0.2) is 89.8 Å². The van der Waals surface area contributed by atoms with E-state index in [0.29, 0.717) is 49.9 Å². The maximum atomic E-state index is 13.1. The maximum absolute atomic E-state index is 13.1. The Labute approximate surface area is 353 Å². The normalized spacial score (nSPS) is 19.5. The maximum Gasteiger partial charge on any atom is 0.260 e. The average Bonchev–Trinajstić information content (AvgIpc) is 3.60. The van der Waals surface area contributed by atoms with Crippen LogP contribution in [0.1, 0.15) is 97.6 Å². The van der Waals surface area contributed by atoms with Gasteiger partial charge in [-0.2, -0.15) is 5.10 Å². The summed E-state index contributed by atoms with van der Waals surface area (Å²) in [6, 6.07) is 32.0. The molecule has 3 heterocycles. The standard InChI is InChI=1S/C49H57N5O6/c1-3-4-29-59-38-17-20-41-36(31-38)14-19-40(34-10-6-5-7-11-34)47(41)35-12-15-37(16-13-35)58-30-9-8-24-53-25-27-54(28-26-53)46(56)33-60-39-18-21-42-44(32-39)52(2)51-48(42)43-22-23-45(55)50-49(43)57/h5-7,10-13,15-18,20-21,31-32,40,43,47H,3-4,8-9,14,19,22-30,33H2,1-2H3,(H,50,55,57)/t40-,43?,47+/m1/s1. The number of hydrogen-bond acceptors (Lipinski definition) is 8. The summed E-state index contributed by atoms with van der Waals surface area (Å²) in [6.07, 6.45) is 7.05. The van der Waals surface area contributed by atoms with E-state index in [0.717, 1.165) is 87.2 Å². The lowest BCUT2D eigenvalue weighted by Gasteiger charge is -2.35. The number of aromatic nitrogens is 2. The number of carbonyl (C=O) groups excluding carboxylic acids is 3. The van der Waals surface area contributed by atoms with E-state index in [1.54, 1.807) is 4.68 Å². The summed E-state index contributed by atoms with van der Waals surface area (Å²) in [5.74, 6) is 2.05. The van der Waals surface area contributed by atoms with E-state index in [2.05, 4.69) is 95.0 Å². The van der Waals surface area contributed by atoms with Crippen molar-refractivity contribution in [2.75, 3.05) is 52.5 Å². The average molecular weight is 812 g/mol. The molecule has 2 aliphatic heterocycles. The number of benzene rings is 4. The first-order chi connectivity index (χ1) is 29.3. The van der Waals surface area contributed by atoms with Crippen molar-refractivity contribution in [3.63, 3.8) is 0 Å². The van der Waals surface area contributed by atoms with Gasteiger partial charge >= 0.3 is 0 Å². The van der Waals surface area contributed by atoms with Crippen LogP contribution in [0.2, 0.25) is 0 Å². The summed E-state index contributed by atoms with van der Waals surface area (Å²) in [5, 5.41) is 7.85. The number of hydrogen-bond donors (Lipinski definition) is 1. The summed E-state index contributed by atoms with van der Waals surface area (Å²) in [4.78, 5) is 41.5. The lowest BCUT2D eigenvalue weighted by Crippen LogP contribution is -2.50. The highest BCUT2D eigenvalue weighted by molar-refractivity contribution is 6.02. The second-order valence-electron chi connectivity index (χ2n) is 16.4.